The van der Waals surface area contributed by atoms with E-state index in [4.69, 9.17) is 9.47 Å². The fourth-order valence-electron chi connectivity index (χ4n) is 3.65. The molecular formula is C24H31NO4. The van der Waals surface area contributed by atoms with Gasteiger partial charge in [0.2, 0.25) is 0 Å². The van der Waals surface area contributed by atoms with Crippen molar-refractivity contribution in [2.45, 2.75) is 45.4 Å². The number of carbonyl (C=O) groups is 1. The molecule has 2 aromatic rings. The molecule has 1 saturated heterocycles. The van der Waals surface area contributed by atoms with Crippen molar-refractivity contribution in [3.8, 4) is 5.75 Å². The highest BCUT2D eigenvalue weighted by molar-refractivity contribution is 5.96. The minimum atomic E-state index is -0.665. The van der Waals surface area contributed by atoms with Gasteiger partial charge < -0.3 is 14.6 Å². The van der Waals surface area contributed by atoms with Crippen LogP contribution < -0.4 is 4.74 Å². The average molecular weight is 398 g/mol. The van der Waals surface area contributed by atoms with Crippen LogP contribution in [0.1, 0.15) is 41.3 Å². The molecule has 0 aliphatic carbocycles. The molecule has 29 heavy (non-hydrogen) atoms. The number of aliphatic hydroxyl groups is 1. The first-order valence-corrected chi connectivity index (χ1v) is 10.3. The molecule has 1 heterocycles. The summed E-state index contributed by atoms with van der Waals surface area (Å²) in [5, 5.41) is 10.6. The second-order valence-electron chi connectivity index (χ2n) is 7.83. The molecule has 156 valence electrons. The quantitative estimate of drug-likeness (QED) is 0.621. The van der Waals surface area contributed by atoms with Gasteiger partial charge in [-0.3, -0.25) is 9.69 Å². The Morgan fingerprint density at radius 3 is 2.69 bits per heavy atom. The molecule has 3 rings (SSSR count). The summed E-state index contributed by atoms with van der Waals surface area (Å²) in [5.74, 6) is 0.470. The number of aryl methyl sites for hydroxylation is 1. The van der Waals surface area contributed by atoms with Crippen LogP contribution in [0.15, 0.2) is 48.5 Å². The highest BCUT2D eigenvalue weighted by Gasteiger charge is 2.22. The SMILES string of the molecule is CC(=O)c1ccccc1OCC(O)CN(Cc1ccc(C)cc1)CC1CCCO1. The maximum absolute atomic E-state index is 11.7. The predicted octanol–water partition coefficient (Wildman–Crippen LogP) is 3.62. The summed E-state index contributed by atoms with van der Waals surface area (Å²) >= 11 is 0. The maximum Gasteiger partial charge on any atom is 0.163 e. The van der Waals surface area contributed by atoms with Crippen LogP contribution in [0.5, 0.6) is 5.75 Å². The summed E-state index contributed by atoms with van der Waals surface area (Å²) in [4.78, 5) is 14.0. The number of rotatable bonds is 10. The first-order chi connectivity index (χ1) is 14.0. The van der Waals surface area contributed by atoms with Crippen LogP contribution in [0.4, 0.5) is 0 Å². The summed E-state index contributed by atoms with van der Waals surface area (Å²) in [7, 11) is 0. The van der Waals surface area contributed by atoms with Gasteiger partial charge in [0.15, 0.2) is 5.78 Å². The van der Waals surface area contributed by atoms with Crippen molar-refractivity contribution in [2.75, 3.05) is 26.3 Å². The zero-order valence-electron chi connectivity index (χ0n) is 17.3. The van der Waals surface area contributed by atoms with Gasteiger partial charge in [-0.1, -0.05) is 42.0 Å². The van der Waals surface area contributed by atoms with Crippen LogP contribution in [0.25, 0.3) is 0 Å². The molecule has 1 aliphatic rings. The lowest BCUT2D eigenvalue weighted by Gasteiger charge is -2.27. The molecule has 5 nitrogen and oxygen atoms in total. The molecule has 1 N–H and O–H groups in total. The van der Waals surface area contributed by atoms with Crippen LogP contribution in [-0.4, -0.2) is 54.3 Å². The predicted molar refractivity (Wildman–Crippen MR) is 113 cm³/mol. The average Bonchev–Trinajstić information content (AvgIpc) is 3.21. The Hall–Kier alpha value is -2.21. The Balaban J connectivity index is 1.60. The summed E-state index contributed by atoms with van der Waals surface area (Å²) in [6.07, 6.45) is 1.70. The monoisotopic (exact) mass is 397 g/mol. The standard InChI is InChI=1S/C24H31NO4/c1-18-9-11-20(12-10-18)14-25(16-22-6-5-13-28-22)15-21(27)17-29-24-8-4-3-7-23(24)19(2)26/h3-4,7-12,21-22,27H,5-6,13-17H2,1-2H3. The number of para-hydroxylation sites is 1. The Bertz CT molecular complexity index is 784. The Kier molecular flexibility index (Phi) is 7.81. The van der Waals surface area contributed by atoms with Crippen LogP contribution in [0.3, 0.4) is 0 Å². The van der Waals surface area contributed by atoms with Gasteiger partial charge in [-0.25, -0.2) is 0 Å². The largest absolute Gasteiger partial charge is 0.490 e. The molecule has 2 unspecified atom stereocenters. The second kappa shape index (κ2) is 10.5. The van der Waals surface area contributed by atoms with E-state index in [2.05, 4.69) is 36.1 Å². The van der Waals surface area contributed by atoms with Crippen LogP contribution in [0, 0.1) is 6.92 Å². The van der Waals surface area contributed by atoms with Crippen molar-refractivity contribution in [3.63, 3.8) is 0 Å². The van der Waals surface area contributed by atoms with Crippen LogP contribution >= 0.6 is 0 Å². The van der Waals surface area contributed by atoms with Gasteiger partial charge >= 0.3 is 0 Å². The van der Waals surface area contributed by atoms with Gasteiger partial charge in [0.1, 0.15) is 18.5 Å². The highest BCUT2D eigenvalue weighted by atomic mass is 16.5. The van der Waals surface area contributed by atoms with E-state index in [0.29, 0.717) is 17.9 Å². The minimum absolute atomic E-state index is 0.0468. The van der Waals surface area contributed by atoms with Gasteiger partial charge in [-0.05, 0) is 44.4 Å². The van der Waals surface area contributed by atoms with E-state index in [1.54, 1.807) is 12.1 Å². The van der Waals surface area contributed by atoms with Crippen LogP contribution in [0.2, 0.25) is 0 Å². The van der Waals surface area contributed by atoms with E-state index in [0.717, 1.165) is 32.5 Å². The topological polar surface area (TPSA) is 59.0 Å². The normalized spacial score (nSPS) is 17.4. The third-order valence-electron chi connectivity index (χ3n) is 5.18. The van der Waals surface area contributed by atoms with E-state index in [1.165, 1.54) is 18.1 Å². The second-order valence-corrected chi connectivity index (χ2v) is 7.83. The summed E-state index contributed by atoms with van der Waals surface area (Å²) in [6.45, 7) is 6.57. The van der Waals surface area contributed by atoms with E-state index in [-0.39, 0.29) is 18.5 Å². The fourth-order valence-corrected chi connectivity index (χ4v) is 3.65. The summed E-state index contributed by atoms with van der Waals surface area (Å²) < 4.78 is 11.6. The molecule has 1 aliphatic heterocycles. The van der Waals surface area contributed by atoms with Crippen molar-refractivity contribution in [2.24, 2.45) is 0 Å². The van der Waals surface area contributed by atoms with Crippen molar-refractivity contribution in [1.29, 1.82) is 0 Å². The molecule has 0 bridgehead atoms. The van der Waals surface area contributed by atoms with Gasteiger partial charge in [0.05, 0.1) is 11.7 Å². The van der Waals surface area contributed by atoms with Gasteiger partial charge in [-0.15, -0.1) is 0 Å². The van der Waals surface area contributed by atoms with Gasteiger partial charge in [-0.2, -0.15) is 0 Å². The molecule has 0 saturated carbocycles. The molecule has 0 spiro atoms. The van der Waals surface area contributed by atoms with E-state index < -0.39 is 6.10 Å². The molecule has 0 amide bonds. The van der Waals surface area contributed by atoms with Gasteiger partial charge in [0, 0.05) is 26.2 Å². The Labute approximate surface area is 173 Å². The lowest BCUT2D eigenvalue weighted by atomic mass is 10.1. The zero-order valence-corrected chi connectivity index (χ0v) is 17.3. The minimum Gasteiger partial charge on any atom is -0.490 e. The number of hydrogen-bond acceptors (Lipinski definition) is 5. The Morgan fingerprint density at radius 2 is 2.00 bits per heavy atom. The molecule has 5 heteroatoms. The third kappa shape index (κ3) is 6.67. The number of hydrogen-bond donors (Lipinski definition) is 1. The third-order valence-corrected chi connectivity index (χ3v) is 5.18. The smallest absolute Gasteiger partial charge is 0.163 e. The van der Waals surface area contributed by atoms with E-state index >= 15 is 0 Å². The number of ketones is 1. The van der Waals surface area contributed by atoms with E-state index in [9.17, 15) is 9.90 Å². The number of benzene rings is 2. The Morgan fingerprint density at radius 1 is 1.24 bits per heavy atom. The lowest BCUT2D eigenvalue weighted by molar-refractivity contribution is 0.0312. The highest BCUT2D eigenvalue weighted by Crippen LogP contribution is 2.19. The molecular weight excluding hydrogens is 366 g/mol. The van der Waals surface area contributed by atoms with Crippen molar-refractivity contribution in [1.82, 2.24) is 4.90 Å². The van der Waals surface area contributed by atoms with Crippen LogP contribution in [-0.2, 0) is 11.3 Å². The fraction of sp³-hybridized carbons (Fsp3) is 0.458. The summed E-state index contributed by atoms with van der Waals surface area (Å²) in [5.41, 5.74) is 2.98. The lowest BCUT2D eigenvalue weighted by Crippen LogP contribution is -2.39. The van der Waals surface area contributed by atoms with Crippen molar-refractivity contribution in [3.05, 3.63) is 65.2 Å². The molecule has 2 atom stereocenters. The molecule has 1 fully saturated rings. The number of aliphatic hydroxyl groups excluding tert-OH is 1. The molecule has 2 aromatic carbocycles. The number of carbonyl (C=O) groups excluding carboxylic acids is 1. The van der Waals surface area contributed by atoms with Crippen molar-refractivity contribution < 1.29 is 19.4 Å². The molecule has 0 radical (unpaired) electrons. The summed E-state index contributed by atoms with van der Waals surface area (Å²) in [6, 6.07) is 15.6. The number of nitrogens with zero attached hydrogens (tertiary/aromatic N) is 1. The van der Waals surface area contributed by atoms with Gasteiger partial charge in [0.25, 0.3) is 0 Å². The zero-order chi connectivity index (χ0) is 20.6. The maximum atomic E-state index is 11.7. The molecule has 0 aromatic heterocycles. The first kappa shape index (κ1) is 21.5. The first-order valence-electron chi connectivity index (χ1n) is 10.3. The number of ether oxygens (including phenoxy) is 2. The van der Waals surface area contributed by atoms with E-state index in [1.807, 2.05) is 12.1 Å². The van der Waals surface area contributed by atoms with Crippen molar-refractivity contribution >= 4 is 5.78 Å². The number of Topliss-reactive ketones (excluding diaryl/α,β-unsaturated/α-hetero) is 1.